The van der Waals surface area contributed by atoms with Crippen LogP contribution in [0.4, 0.5) is 5.82 Å². The van der Waals surface area contributed by atoms with Crippen LogP contribution in [0.15, 0.2) is 54.7 Å². The fraction of sp³-hybridized carbons (Fsp3) is 0.143. The number of benzene rings is 2. The average Bonchev–Trinajstić information content (AvgIpc) is 3.36. The Bertz CT molecular complexity index is 1230. The summed E-state index contributed by atoms with van der Waals surface area (Å²) in [5, 5.41) is 16.4. The van der Waals surface area contributed by atoms with Gasteiger partial charge in [-0.2, -0.15) is 5.10 Å². The van der Waals surface area contributed by atoms with Crippen LogP contribution >= 0.6 is 23.2 Å². The van der Waals surface area contributed by atoms with E-state index in [1.54, 1.807) is 47.8 Å². The summed E-state index contributed by atoms with van der Waals surface area (Å²) in [5.41, 5.74) is 2.42. The van der Waals surface area contributed by atoms with Crippen LogP contribution in [0, 0.1) is 6.92 Å². The number of carbonyl (C=O) groups is 1. The number of nitrogens with one attached hydrogen (secondary N) is 1. The van der Waals surface area contributed by atoms with E-state index < -0.39 is 0 Å². The maximum absolute atomic E-state index is 12.9. The molecule has 0 aliphatic carbocycles. The van der Waals surface area contributed by atoms with Crippen molar-refractivity contribution in [2.45, 2.75) is 13.5 Å². The van der Waals surface area contributed by atoms with Gasteiger partial charge in [-0.05, 0) is 48.9 Å². The van der Waals surface area contributed by atoms with Gasteiger partial charge in [-0.3, -0.25) is 4.79 Å². The number of halogens is 2. The van der Waals surface area contributed by atoms with Crippen LogP contribution in [0.25, 0.3) is 5.69 Å². The van der Waals surface area contributed by atoms with Crippen LogP contribution in [0.3, 0.4) is 0 Å². The highest BCUT2D eigenvalue weighted by Crippen LogP contribution is 2.23. The number of nitrogens with zero attached hydrogens (tertiary/aromatic N) is 5. The average molecular weight is 457 g/mol. The molecule has 0 bridgehead atoms. The Hall–Kier alpha value is -3.36. The minimum atomic E-state index is -0.388. The van der Waals surface area contributed by atoms with Crippen LogP contribution in [0.2, 0.25) is 10.0 Å². The Morgan fingerprint density at radius 2 is 1.90 bits per heavy atom. The van der Waals surface area contributed by atoms with Crippen LogP contribution < -0.4 is 10.1 Å². The van der Waals surface area contributed by atoms with Crippen molar-refractivity contribution in [1.29, 1.82) is 0 Å². The summed E-state index contributed by atoms with van der Waals surface area (Å²) in [6, 6.07) is 14.3. The molecular formula is C21H18Cl2N6O2. The van der Waals surface area contributed by atoms with E-state index in [9.17, 15) is 4.79 Å². The largest absolute Gasteiger partial charge is 0.497 e. The van der Waals surface area contributed by atoms with Crippen LogP contribution in [-0.2, 0) is 6.54 Å². The van der Waals surface area contributed by atoms with Gasteiger partial charge in [0.2, 0.25) is 0 Å². The third-order valence-electron chi connectivity index (χ3n) is 4.72. The summed E-state index contributed by atoms with van der Waals surface area (Å²) in [5.74, 6) is 0.851. The Labute approximate surface area is 188 Å². The molecule has 0 aliphatic rings. The molecule has 2 aromatic heterocycles. The minimum absolute atomic E-state index is 0.216. The molecule has 0 saturated carbocycles. The molecule has 2 aromatic carbocycles. The van der Waals surface area contributed by atoms with Crippen molar-refractivity contribution < 1.29 is 9.53 Å². The molecule has 8 nitrogen and oxygen atoms in total. The highest BCUT2D eigenvalue weighted by molar-refractivity contribution is 6.35. The molecule has 10 heteroatoms. The monoisotopic (exact) mass is 456 g/mol. The van der Waals surface area contributed by atoms with E-state index >= 15 is 0 Å². The lowest BCUT2D eigenvalue weighted by Crippen LogP contribution is -2.18. The predicted octanol–water partition coefficient (Wildman–Crippen LogP) is 4.39. The van der Waals surface area contributed by atoms with E-state index in [0.29, 0.717) is 28.1 Å². The lowest BCUT2D eigenvalue weighted by atomic mass is 10.2. The van der Waals surface area contributed by atoms with Crippen molar-refractivity contribution in [3.63, 3.8) is 0 Å². The zero-order valence-corrected chi connectivity index (χ0v) is 18.2. The summed E-state index contributed by atoms with van der Waals surface area (Å²) in [6.45, 7) is 2.15. The van der Waals surface area contributed by atoms with Gasteiger partial charge in [-0.15, -0.1) is 5.10 Å². The van der Waals surface area contributed by atoms with Crippen molar-refractivity contribution in [2.24, 2.45) is 0 Å². The summed E-state index contributed by atoms with van der Waals surface area (Å²) >= 11 is 12.2. The molecule has 0 atom stereocenters. The summed E-state index contributed by atoms with van der Waals surface area (Å²) in [4.78, 5) is 12.9. The first-order valence-corrected chi connectivity index (χ1v) is 10.1. The number of anilines is 1. The molecule has 0 saturated heterocycles. The van der Waals surface area contributed by atoms with Gasteiger partial charge in [0.15, 0.2) is 5.69 Å². The first-order chi connectivity index (χ1) is 15.0. The van der Waals surface area contributed by atoms with Gasteiger partial charge in [0.1, 0.15) is 11.6 Å². The molecule has 0 fully saturated rings. The van der Waals surface area contributed by atoms with Gasteiger partial charge in [-0.25, -0.2) is 9.36 Å². The predicted molar refractivity (Wildman–Crippen MR) is 118 cm³/mol. The van der Waals surface area contributed by atoms with Crippen LogP contribution in [0.5, 0.6) is 5.75 Å². The Morgan fingerprint density at radius 1 is 1.13 bits per heavy atom. The van der Waals surface area contributed by atoms with Gasteiger partial charge in [0.25, 0.3) is 5.91 Å². The Morgan fingerprint density at radius 3 is 2.61 bits per heavy atom. The highest BCUT2D eigenvalue weighted by Gasteiger charge is 2.19. The molecule has 2 heterocycles. The fourth-order valence-electron chi connectivity index (χ4n) is 3.06. The quantitative estimate of drug-likeness (QED) is 0.464. The lowest BCUT2D eigenvalue weighted by Gasteiger charge is -2.10. The normalized spacial score (nSPS) is 10.8. The maximum Gasteiger partial charge on any atom is 0.279 e. The van der Waals surface area contributed by atoms with Crippen molar-refractivity contribution in [3.8, 4) is 11.4 Å². The van der Waals surface area contributed by atoms with Gasteiger partial charge >= 0.3 is 0 Å². The topological polar surface area (TPSA) is 86.9 Å². The summed E-state index contributed by atoms with van der Waals surface area (Å²) in [6.07, 6.45) is 1.60. The van der Waals surface area contributed by atoms with E-state index in [1.807, 2.05) is 30.3 Å². The zero-order chi connectivity index (χ0) is 22.0. The van der Waals surface area contributed by atoms with Gasteiger partial charge < -0.3 is 10.1 Å². The number of amides is 1. The van der Waals surface area contributed by atoms with Gasteiger partial charge in [0, 0.05) is 16.1 Å². The minimum Gasteiger partial charge on any atom is -0.497 e. The molecule has 0 spiro atoms. The van der Waals surface area contributed by atoms with Crippen molar-refractivity contribution in [2.75, 3.05) is 12.4 Å². The smallest absolute Gasteiger partial charge is 0.279 e. The SMILES string of the molecule is COc1ccc(-n2nnc(C(=O)Nc3ccnn3Cc3ccc(Cl)cc3Cl)c2C)cc1. The van der Waals surface area contributed by atoms with Crippen molar-refractivity contribution in [3.05, 3.63) is 81.7 Å². The van der Waals surface area contributed by atoms with E-state index in [-0.39, 0.29) is 11.6 Å². The standard InChI is InChI=1S/C21H18Cl2N6O2/c1-13-20(26-27-29(13)16-5-7-17(31-2)8-6-16)21(30)25-19-9-10-24-28(19)12-14-3-4-15(22)11-18(14)23/h3-11H,12H2,1-2H3,(H,25,30). The highest BCUT2D eigenvalue weighted by atomic mass is 35.5. The van der Waals surface area contributed by atoms with E-state index in [2.05, 4.69) is 20.7 Å². The molecule has 1 amide bonds. The van der Waals surface area contributed by atoms with E-state index in [4.69, 9.17) is 27.9 Å². The Kier molecular flexibility index (Phi) is 5.92. The summed E-state index contributed by atoms with van der Waals surface area (Å²) < 4.78 is 8.40. The molecule has 158 valence electrons. The van der Waals surface area contributed by atoms with Gasteiger partial charge in [0.05, 0.1) is 31.2 Å². The molecular weight excluding hydrogens is 439 g/mol. The first kappa shape index (κ1) is 20.9. The van der Waals surface area contributed by atoms with Gasteiger partial charge in [-0.1, -0.05) is 34.5 Å². The number of hydrogen-bond donors (Lipinski definition) is 1. The second kappa shape index (κ2) is 8.79. The van der Waals surface area contributed by atoms with Crippen LogP contribution in [0.1, 0.15) is 21.7 Å². The number of methoxy groups -OCH3 is 1. The second-order valence-corrected chi connectivity index (χ2v) is 7.54. The molecule has 31 heavy (non-hydrogen) atoms. The number of hydrogen-bond acceptors (Lipinski definition) is 5. The summed E-state index contributed by atoms with van der Waals surface area (Å²) in [7, 11) is 1.60. The molecule has 0 radical (unpaired) electrons. The second-order valence-electron chi connectivity index (χ2n) is 6.70. The van der Waals surface area contributed by atoms with E-state index in [1.165, 1.54) is 0 Å². The maximum atomic E-state index is 12.9. The number of aromatic nitrogens is 5. The van der Waals surface area contributed by atoms with Crippen molar-refractivity contribution >= 4 is 34.9 Å². The number of carbonyl (C=O) groups excluding carboxylic acids is 1. The Balaban J connectivity index is 1.53. The molecule has 0 aliphatic heterocycles. The third-order valence-corrected chi connectivity index (χ3v) is 5.31. The zero-order valence-electron chi connectivity index (χ0n) is 16.7. The molecule has 1 N–H and O–H groups in total. The third kappa shape index (κ3) is 4.40. The van der Waals surface area contributed by atoms with Crippen molar-refractivity contribution in [1.82, 2.24) is 24.8 Å². The first-order valence-electron chi connectivity index (χ1n) is 9.30. The molecule has 4 rings (SSSR count). The number of ether oxygens (including phenoxy) is 1. The lowest BCUT2D eigenvalue weighted by molar-refractivity contribution is 0.102. The molecule has 4 aromatic rings. The number of rotatable bonds is 6. The van der Waals surface area contributed by atoms with Crippen LogP contribution in [-0.4, -0.2) is 37.8 Å². The fourth-order valence-corrected chi connectivity index (χ4v) is 3.53. The molecule has 0 unspecified atom stereocenters. The van der Waals surface area contributed by atoms with E-state index in [0.717, 1.165) is 17.0 Å².